The smallest absolute Gasteiger partial charge is 0.251 e. The van der Waals surface area contributed by atoms with Crippen LogP contribution in [0.15, 0.2) is 30.3 Å². The minimum atomic E-state index is -0.220. The molecule has 0 radical (unpaired) electrons. The summed E-state index contributed by atoms with van der Waals surface area (Å²) in [5.41, 5.74) is 0.569. The Morgan fingerprint density at radius 3 is 2.70 bits per heavy atom. The molecule has 1 heterocycles. The third-order valence-corrected chi connectivity index (χ3v) is 4.33. The predicted octanol–water partition coefficient (Wildman–Crippen LogP) is 1.80. The second-order valence-electron chi connectivity index (χ2n) is 6.13. The Bertz CT molecular complexity index is 504. The number of nitrogens with zero attached hydrogens (tertiary/aromatic N) is 1. The van der Waals surface area contributed by atoms with Crippen molar-refractivity contribution < 1.29 is 9.59 Å². The van der Waals surface area contributed by atoms with E-state index in [1.807, 2.05) is 6.07 Å². The number of rotatable bonds is 7. The molecule has 2 N–H and O–H groups in total. The fraction of sp³-hybridized carbons (Fsp3) is 0.556. The molecule has 0 bridgehead atoms. The van der Waals surface area contributed by atoms with Crippen molar-refractivity contribution in [3.8, 4) is 0 Å². The molecule has 0 aromatic heterocycles. The van der Waals surface area contributed by atoms with Crippen molar-refractivity contribution in [2.24, 2.45) is 0 Å². The van der Waals surface area contributed by atoms with Gasteiger partial charge in [0.15, 0.2) is 0 Å². The first kappa shape index (κ1) is 17.5. The van der Waals surface area contributed by atoms with E-state index in [4.69, 9.17) is 0 Å². The summed E-state index contributed by atoms with van der Waals surface area (Å²) in [5, 5.41) is 5.50. The number of carbonyl (C=O) groups is 2. The summed E-state index contributed by atoms with van der Waals surface area (Å²) in [6.45, 7) is 5.15. The molecule has 2 amide bonds. The number of carbonyl (C=O) groups excluding carboxylic acids is 2. The fourth-order valence-electron chi connectivity index (χ4n) is 2.91. The standard InChI is InChI=1S/C18H27N3O2/c1-15-8-5-6-12-21(15)13-7-11-19-17(22)14-20-18(23)16-9-3-2-4-10-16/h2-4,9-10,15H,5-8,11-14H2,1H3,(H,19,22)(H,20,23)/t15-/m0/s1. The first-order valence-electron chi connectivity index (χ1n) is 8.51. The largest absolute Gasteiger partial charge is 0.355 e. The van der Waals surface area contributed by atoms with E-state index in [0.717, 1.165) is 13.0 Å². The molecule has 2 rings (SSSR count). The Labute approximate surface area is 138 Å². The highest BCUT2D eigenvalue weighted by Gasteiger charge is 2.17. The lowest BCUT2D eigenvalue weighted by Gasteiger charge is -2.33. The Kier molecular flexibility index (Phi) is 7.07. The topological polar surface area (TPSA) is 61.4 Å². The number of benzene rings is 1. The van der Waals surface area contributed by atoms with Gasteiger partial charge >= 0.3 is 0 Å². The van der Waals surface area contributed by atoms with E-state index in [2.05, 4.69) is 22.5 Å². The van der Waals surface area contributed by atoms with Crippen LogP contribution in [-0.2, 0) is 4.79 Å². The number of hydrogen-bond acceptors (Lipinski definition) is 3. The van der Waals surface area contributed by atoms with Crippen LogP contribution in [-0.4, -0.2) is 48.9 Å². The molecule has 1 aliphatic rings. The normalized spacial score (nSPS) is 18.4. The molecule has 0 spiro atoms. The van der Waals surface area contributed by atoms with E-state index < -0.39 is 0 Å². The van der Waals surface area contributed by atoms with Gasteiger partial charge in [-0.05, 0) is 44.9 Å². The number of nitrogens with one attached hydrogen (secondary N) is 2. The molecule has 0 saturated carbocycles. The summed E-state index contributed by atoms with van der Waals surface area (Å²) in [6, 6.07) is 9.57. The quantitative estimate of drug-likeness (QED) is 0.754. The zero-order valence-electron chi connectivity index (χ0n) is 13.9. The zero-order valence-corrected chi connectivity index (χ0v) is 13.9. The van der Waals surface area contributed by atoms with E-state index in [-0.39, 0.29) is 18.4 Å². The average Bonchev–Trinajstić information content (AvgIpc) is 2.59. The molecular formula is C18H27N3O2. The average molecular weight is 317 g/mol. The van der Waals surface area contributed by atoms with Gasteiger partial charge in [0.25, 0.3) is 5.91 Å². The number of likely N-dealkylation sites (tertiary alicyclic amines) is 1. The van der Waals surface area contributed by atoms with Crippen molar-refractivity contribution in [1.82, 2.24) is 15.5 Å². The maximum Gasteiger partial charge on any atom is 0.251 e. The lowest BCUT2D eigenvalue weighted by atomic mass is 10.0. The van der Waals surface area contributed by atoms with Crippen LogP contribution in [0.2, 0.25) is 0 Å². The van der Waals surface area contributed by atoms with Gasteiger partial charge in [-0.15, -0.1) is 0 Å². The monoisotopic (exact) mass is 317 g/mol. The van der Waals surface area contributed by atoms with Crippen molar-refractivity contribution in [3.63, 3.8) is 0 Å². The maximum absolute atomic E-state index is 11.8. The van der Waals surface area contributed by atoms with Crippen molar-refractivity contribution in [1.29, 1.82) is 0 Å². The Balaban J connectivity index is 1.57. The highest BCUT2D eigenvalue weighted by molar-refractivity contribution is 5.96. The van der Waals surface area contributed by atoms with Crippen LogP contribution in [0.3, 0.4) is 0 Å². The molecule has 126 valence electrons. The Morgan fingerprint density at radius 1 is 1.17 bits per heavy atom. The predicted molar refractivity (Wildman–Crippen MR) is 91.3 cm³/mol. The molecule has 1 aromatic carbocycles. The second-order valence-corrected chi connectivity index (χ2v) is 6.13. The number of piperidine rings is 1. The van der Waals surface area contributed by atoms with Crippen molar-refractivity contribution in [2.75, 3.05) is 26.2 Å². The highest BCUT2D eigenvalue weighted by atomic mass is 16.2. The van der Waals surface area contributed by atoms with E-state index in [9.17, 15) is 9.59 Å². The van der Waals surface area contributed by atoms with E-state index in [0.29, 0.717) is 18.2 Å². The SMILES string of the molecule is C[C@H]1CCCCN1CCCNC(=O)CNC(=O)c1ccccc1. The molecule has 1 atom stereocenters. The second kappa shape index (κ2) is 9.30. The first-order valence-corrected chi connectivity index (χ1v) is 8.51. The van der Waals surface area contributed by atoms with E-state index in [1.165, 1.54) is 25.8 Å². The van der Waals surface area contributed by atoms with Gasteiger partial charge in [0.05, 0.1) is 6.54 Å². The van der Waals surface area contributed by atoms with Crippen LogP contribution in [0.1, 0.15) is 43.0 Å². The number of amides is 2. The molecule has 1 saturated heterocycles. The van der Waals surface area contributed by atoms with Gasteiger partial charge in [0, 0.05) is 24.7 Å². The van der Waals surface area contributed by atoms with Gasteiger partial charge in [-0.3, -0.25) is 9.59 Å². The maximum atomic E-state index is 11.8. The molecule has 1 aromatic rings. The minimum absolute atomic E-state index is 0.0217. The fourth-order valence-corrected chi connectivity index (χ4v) is 2.91. The van der Waals surface area contributed by atoms with Gasteiger partial charge in [-0.1, -0.05) is 24.6 Å². The molecule has 0 unspecified atom stereocenters. The number of hydrogen-bond donors (Lipinski definition) is 2. The molecule has 1 aliphatic heterocycles. The van der Waals surface area contributed by atoms with Gasteiger partial charge in [-0.2, -0.15) is 0 Å². The van der Waals surface area contributed by atoms with Crippen molar-refractivity contribution in [2.45, 2.75) is 38.6 Å². The van der Waals surface area contributed by atoms with Crippen LogP contribution in [0.4, 0.5) is 0 Å². The lowest BCUT2D eigenvalue weighted by molar-refractivity contribution is -0.120. The molecule has 23 heavy (non-hydrogen) atoms. The van der Waals surface area contributed by atoms with Crippen molar-refractivity contribution in [3.05, 3.63) is 35.9 Å². The van der Waals surface area contributed by atoms with E-state index in [1.54, 1.807) is 24.3 Å². The summed E-state index contributed by atoms with van der Waals surface area (Å²) in [7, 11) is 0. The molecule has 1 fully saturated rings. The van der Waals surface area contributed by atoms with Gasteiger partial charge in [-0.25, -0.2) is 0 Å². The summed E-state index contributed by atoms with van der Waals surface area (Å²) >= 11 is 0. The third kappa shape index (κ3) is 6.02. The lowest BCUT2D eigenvalue weighted by Crippen LogP contribution is -2.40. The molecule has 5 nitrogen and oxygen atoms in total. The van der Waals surface area contributed by atoms with Crippen LogP contribution in [0.5, 0.6) is 0 Å². The van der Waals surface area contributed by atoms with Crippen LogP contribution in [0.25, 0.3) is 0 Å². The van der Waals surface area contributed by atoms with Gasteiger partial charge < -0.3 is 15.5 Å². The Hall–Kier alpha value is -1.88. The first-order chi connectivity index (χ1) is 11.2. The summed E-state index contributed by atoms with van der Waals surface area (Å²) < 4.78 is 0. The van der Waals surface area contributed by atoms with Gasteiger partial charge in [0.2, 0.25) is 5.91 Å². The minimum Gasteiger partial charge on any atom is -0.355 e. The van der Waals surface area contributed by atoms with Crippen LogP contribution < -0.4 is 10.6 Å². The third-order valence-electron chi connectivity index (χ3n) is 4.33. The zero-order chi connectivity index (χ0) is 16.5. The highest BCUT2D eigenvalue weighted by Crippen LogP contribution is 2.15. The van der Waals surface area contributed by atoms with Crippen LogP contribution in [0, 0.1) is 0 Å². The molecular weight excluding hydrogens is 290 g/mol. The summed E-state index contributed by atoms with van der Waals surface area (Å²) in [4.78, 5) is 26.1. The van der Waals surface area contributed by atoms with E-state index >= 15 is 0 Å². The van der Waals surface area contributed by atoms with Crippen molar-refractivity contribution >= 4 is 11.8 Å². The molecule has 5 heteroatoms. The van der Waals surface area contributed by atoms with Crippen LogP contribution >= 0.6 is 0 Å². The Morgan fingerprint density at radius 2 is 1.96 bits per heavy atom. The summed E-state index contributed by atoms with van der Waals surface area (Å²) in [6.07, 6.45) is 4.83. The molecule has 0 aliphatic carbocycles. The van der Waals surface area contributed by atoms with Gasteiger partial charge in [0.1, 0.15) is 0 Å². The summed E-state index contributed by atoms with van der Waals surface area (Å²) in [5.74, 6) is -0.358.